The molecule has 1 aromatic carbocycles. The number of carbonyl (C=O) groups excluding carboxylic acids is 1. The number of ether oxygens (including phenoxy) is 1. The van der Waals surface area contributed by atoms with Crippen molar-refractivity contribution in [3.8, 4) is 0 Å². The minimum atomic E-state index is -0.490. The zero-order valence-electron chi connectivity index (χ0n) is 18.2. The largest absolute Gasteiger partial charge is 0.444 e. The molecule has 2 aromatic rings. The molecule has 1 fully saturated rings. The van der Waals surface area contributed by atoms with E-state index in [-0.39, 0.29) is 12.0 Å². The number of amides is 1. The first-order valence-electron chi connectivity index (χ1n) is 10.3. The van der Waals surface area contributed by atoms with Crippen molar-refractivity contribution in [3.63, 3.8) is 0 Å². The third-order valence-corrected chi connectivity index (χ3v) is 4.73. The number of aryl methyl sites for hydroxylation is 1. The van der Waals surface area contributed by atoms with Crippen molar-refractivity contribution >= 4 is 23.7 Å². The number of nitrogens with zero attached hydrogens (tertiary/aromatic N) is 5. The summed E-state index contributed by atoms with van der Waals surface area (Å²) < 4.78 is 5.45. The highest BCUT2D eigenvalue weighted by Gasteiger charge is 2.26. The van der Waals surface area contributed by atoms with Gasteiger partial charge in [0.2, 0.25) is 11.9 Å². The first kappa shape index (κ1) is 21.8. The van der Waals surface area contributed by atoms with Crippen LogP contribution in [0.3, 0.4) is 0 Å². The van der Waals surface area contributed by atoms with E-state index in [4.69, 9.17) is 10.5 Å². The molecule has 0 aliphatic carbocycles. The van der Waals surface area contributed by atoms with E-state index in [2.05, 4.69) is 38.2 Å². The molecule has 162 valence electrons. The molecule has 0 atom stereocenters. The lowest BCUT2D eigenvalue weighted by molar-refractivity contribution is 0.0137. The second-order valence-corrected chi connectivity index (χ2v) is 8.31. The van der Waals surface area contributed by atoms with Crippen LogP contribution in [0.15, 0.2) is 24.3 Å². The number of nitrogens with one attached hydrogen (secondary N) is 1. The van der Waals surface area contributed by atoms with Crippen LogP contribution < -0.4 is 11.1 Å². The smallest absolute Gasteiger partial charge is 0.410 e. The Morgan fingerprint density at radius 1 is 1.13 bits per heavy atom. The SMILES string of the molecule is CCc1ccccc1Nc1nc(N)nc(CN2CCN(C(=O)OC(C)(C)C)CC2)n1. The number of aromatic nitrogens is 3. The van der Waals surface area contributed by atoms with Gasteiger partial charge in [0.05, 0.1) is 6.54 Å². The highest BCUT2D eigenvalue weighted by Crippen LogP contribution is 2.20. The van der Waals surface area contributed by atoms with Gasteiger partial charge in [-0.2, -0.15) is 15.0 Å². The number of nitrogens with two attached hydrogens (primary N) is 1. The van der Waals surface area contributed by atoms with E-state index in [0.717, 1.165) is 12.1 Å². The first-order chi connectivity index (χ1) is 14.2. The summed E-state index contributed by atoms with van der Waals surface area (Å²) in [6, 6.07) is 8.04. The Bertz CT molecular complexity index is 874. The molecule has 1 aliphatic heterocycles. The zero-order valence-corrected chi connectivity index (χ0v) is 18.2. The molecule has 0 spiro atoms. The van der Waals surface area contributed by atoms with Gasteiger partial charge in [-0.15, -0.1) is 0 Å². The van der Waals surface area contributed by atoms with Gasteiger partial charge < -0.3 is 20.7 Å². The number of nitrogen functional groups attached to an aromatic ring is 1. The lowest BCUT2D eigenvalue weighted by Crippen LogP contribution is -2.49. The highest BCUT2D eigenvalue weighted by molar-refractivity contribution is 5.68. The molecule has 1 aromatic heterocycles. The highest BCUT2D eigenvalue weighted by atomic mass is 16.6. The third-order valence-electron chi connectivity index (χ3n) is 4.73. The number of piperazine rings is 1. The molecule has 9 heteroatoms. The summed E-state index contributed by atoms with van der Waals surface area (Å²) in [7, 11) is 0. The topological polar surface area (TPSA) is 110 Å². The van der Waals surface area contributed by atoms with Crippen LogP contribution in [0.25, 0.3) is 0 Å². The molecular weight excluding hydrogens is 382 g/mol. The minimum Gasteiger partial charge on any atom is -0.444 e. The van der Waals surface area contributed by atoms with Crippen molar-refractivity contribution in [1.82, 2.24) is 24.8 Å². The van der Waals surface area contributed by atoms with Crippen molar-refractivity contribution < 1.29 is 9.53 Å². The van der Waals surface area contributed by atoms with E-state index >= 15 is 0 Å². The van der Waals surface area contributed by atoms with E-state index < -0.39 is 5.60 Å². The van der Waals surface area contributed by atoms with E-state index in [1.54, 1.807) is 4.90 Å². The Hall–Kier alpha value is -2.94. The number of carbonyl (C=O) groups is 1. The van der Waals surface area contributed by atoms with Gasteiger partial charge in [0.25, 0.3) is 0 Å². The van der Waals surface area contributed by atoms with Crippen LogP contribution in [0.4, 0.5) is 22.4 Å². The van der Waals surface area contributed by atoms with Crippen LogP contribution in [0.5, 0.6) is 0 Å². The lowest BCUT2D eigenvalue weighted by Gasteiger charge is -2.35. The molecule has 0 radical (unpaired) electrons. The lowest BCUT2D eigenvalue weighted by atomic mass is 10.1. The molecule has 9 nitrogen and oxygen atoms in total. The fraction of sp³-hybridized carbons (Fsp3) is 0.524. The maximum Gasteiger partial charge on any atom is 0.410 e. The maximum atomic E-state index is 12.2. The Morgan fingerprint density at radius 2 is 1.83 bits per heavy atom. The van der Waals surface area contributed by atoms with E-state index in [0.29, 0.717) is 44.5 Å². The van der Waals surface area contributed by atoms with Crippen molar-refractivity contribution in [3.05, 3.63) is 35.7 Å². The van der Waals surface area contributed by atoms with Crippen LogP contribution in [-0.4, -0.2) is 62.6 Å². The number of para-hydroxylation sites is 1. The Labute approximate surface area is 177 Å². The van der Waals surface area contributed by atoms with Crippen LogP contribution in [0.2, 0.25) is 0 Å². The normalized spacial score (nSPS) is 15.1. The molecular formula is C21H31N7O2. The number of hydrogen-bond acceptors (Lipinski definition) is 8. The second-order valence-electron chi connectivity index (χ2n) is 8.31. The maximum absolute atomic E-state index is 12.2. The summed E-state index contributed by atoms with van der Waals surface area (Å²) in [4.78, 5) is 29.2. The van der Waals surface area contributed by atoms with Crippen molar-refractivity contribution in [2.24, 2.45) is 0 Å². The number of anilines is 3. The molecule has 3 rings (SSSR count). The van der Waals surface area contributed by atoms with E-state index in [1.165, 1.54) is 5.56 Å². The number of hydrogen-bond donors (Lipinski definition) is 2. The minimum absolute atomic E-state index is 0.184. The average molecular weight is 414 g/mol. The predicted octanol–water partition coefficient (Wildman–Crippen LogP) is 2.81. The second kappa shape index (κ2) is 9.25. The van der Waals surface area contributed by atoms with Gasteiger partial charge >= 0.3 is 6.09 Å². The summed E-state index contributed by atoms with van der Waals surface area (Å²) in [5.74, 6) is 1.22. The summed E-state index contributed by atoms with van der Waals surface area (Å²) in [5, 5.41) is 3.26. The van der Waals surface area contributed by atoms with Gasteiger partial charge in [-0.1, -0.05) is 25.1 Å². The first-order valence-corrected chi connectivity index (χ1v) is 10.3. The summed E-state index contributed by atoms with van der Waals surface area (Å²) in [6.07, 6.45) is 0.631. The standard InChI is InChI=1S/C21H31N7O2/c1-5-15-8-6-7-9-16(15)23-19-25-17(24-18(22)26-19)14-27-10-12-28(13-11-27)20(29)30-21(2,3)4/h6-9H,5,10-14H2,1-4H3,(H3,22,23,24,25,26). The molecule has 0 saturated carbocycles. The fourth-order valence-electron chi connectivity index (χ4n) is 3.25. The van der Waals surface area contributed by atoms with Crippen molar-refractivity contribution in [2.45, 2.75) is 46.3 Å². The van der Waals surface area contributed by atoms with Crippen LogP contribution in [0, 0.1) is 0 Å². The Kier molecular flexibility index (Phi) is 6.71. The van der Waals surface area contributed by atoms with Crippen LogP contribution in [-0.2, 0) is 17.7 Å². The van der Waals surface area contributed by atoms with Crippen molar-refractivity contribution in [2.75, 3.05) is 37.2 Å². The summed E-state index contributed by atoms with van der Waals surface area (Å²) in [6.45, 7) is 10.9. The van der Waals surface area contributed by atoms with Gasteiger partial charge in [0.15, 0.2) is 0 Å². The molecule has 1 saturated heterocycles. The van der Waals surface area contributed by atoms with Gasteiger partial charge in [-0.3, -0.25) is 4.90 Å². The van der Waals surface area contributed by atoms with Crippen molar-refractivity contribution in [1.29, 1.82) is 0 Å². The monoisotopic (exact) mass is 413 g/mol. The Morgan fingerprint density at radius 3 is 2.50 bits per heavy atom. The molecule has 30 heavy (non-hydrogen) atoms. The van der Waals surface area contributed by atoms with Gasteiger partial charge in [0.1, 0.15) is 11.4 Å². The zero-order chi connectivity index (χ0) is 21.7. The van der Waals surface area contributed by atoms with Crippen LogP contribution >= 0.6 is 0 Å². The quantitative estimate of drug-likeness (QED) is 0.770. The average Bonchev–Trinajstić information content (AvgIpc) is 2.67. The molecule has 0 unspecified atom stereocenters. The molecule has 1 aliphatic rings. The van der Waals surface area contributed by atoms with Gasteiger partial charge in [0, 0.05) is 31.9 Å². The molecule has 1 amide bonds. The molecule has 0 bridgehead atoms. The summed E-state index contributed by atoms with van der Waals surface area (Å²) >= 11 is 0. The summed E-state index contributed by atoms with van der Waals surface area (Å²) in [5.41, 5.74) is 7.57. The molecule has 3 N–H and O–H groups in total. The fourth-order valence-corrected chi connectivity index (χ4v) is 3.25. The third kappa shape index (κ3) is 6.03. The van der Waals surface area contributed by atoms with Crippen LogP contribution in [0.1, 0.15) is 39.1 Å². The molecule has 2 heterocycles. The van der Waals surface area contributed by atoms with E-state index in [1.807, 2.05) is 39.0 Å². The van der Waals surface area contributed by atoms with Gasteiger partial charge in [-0.25, -0.2) is 4.79 Å². The number of rotatable bonds is 5. The number of benzene rings is 1. The predicted molar refractivity (Wildman–Crippen MR) is 116 cm³/mol. The van der Waals surface area contributed by atoms with E-state index in [9.17, 15) is 4.79 Å². The Balaban J connectivity index is 1.61. The van der Waals surface area contributed by atoms with Gasteiger partial charge in [-0.05, 0) is 38.8 Å².